The molecule has 0 bridgehead atoms. The summed E-state index contributed by atoms with van der Waals surface area (Å²) in [6.07, 6.45) is 2.66. The number of pyridine rings is 1. The highest BCUT2D eigenvalue weighted by Crippen LogP contribution is 2.25. The SMILES string of the molecule is CC(Cc1ccccn1)Nc1nc(-c2ccccc2)nc2ccccc12. The lowest BCUT2D eigenvalue weighted by Gasteiger charge is -2.16. The van der Waals surface area contributed by atoms with Gasteiger partial charge in [-0.05, 0) is 31.2 Å². The number of hydrogen-bond donors (Lipinski definition) is 1. The van der Waals surface area contributed by atoms with E-state index in [0.29, 0.717) is 0 Å². The maximum Gasteiger partial charge on any atom is 0.162 e. The number of fused-ring (bicyclic) bond motifs is 1. The molecule has 0 fully saturated rings. The third-order valence-corrected chi connectivity index (χ3v) is 4.26. The molecule has 2 heterocycles. The van der Waals surface area contributed by atoms with Gasteiger partial charge in [0.2, 0.25) is 0 Å². The Morgan fingerprint density at radius 2 is 1.62 bits per heavy atom. The van der Waals surface area contributed by atoms with Gasteiger partial charge in [0.05, 0.1) is 5.52 Å². The molecule has 1 atom stereocenters. The first-order valence-electron chi connectivity index (χ1n) is 8.78. The highest BCUT2D eigenvalue weighted by molar-refractivity contribution is 5.90. The molecule has 26 heavy (non-hydrogen) atoms. The standard InChI is InChI=1S/C22H20N4/c1-16(15-18-11-7-8-14-23-18)24-22-19-12-5-6-13-20(19)25-21(26-22)17-9-3-2-4-10-17/h2-14,16H,15H2,1H3,(H,24,25,26). The predicted molar refractivity (Wildman–Crippen MR) is 106 cm³/mol. The summed E-state index contributed by atoms with van der Waals surface area (Å²) in [6, 6.07) is 24.4. The van der Waals surface area contributed by atoms with Crippen molar-refractivity contribution in [3.8, 4) is 11.4 Å². The lowest BCUT2D eigenvalue weighted by molar-refractivity contribution is 0.766. The maximum atomic E-state index is 4.81. The Hall–Kier alpha value is -3.27. The summed E-state index contributed by atoms with van der Waals surface area (Å²) in [5.74, 6) is 1.59. The van der Waals surface area contributed by atoms with Crippen LogP contribution in [-0.4, -0.2) is 21.0 Å². The van der Waals surface area contributed by atoms with Crippen molar-refractivity contribution >= 4 is 16.7 Å². The molecule has 0 radical (unpaired) electrons. The first kappa shape index (κ1) is 16.2. The summed E-state index contributed by atoms with van der Waals surface area (Å²) in [7, 11) is 0. The summed E-state index contributed by atoms with van der Waals surface area (Å²) >= 11 is 0. The van der Waals surface area contributed by atoms with Crippen molar-refractivity contribution in [3.63, 3.8) is 0 Å². The fourth-order valence-electron chi connectivity index (χ4n) is 3.02. The number of hydrogen-bond acceptors (Lipinski definition) is 4. The molecule has 0 amide bonds. The van der Waals surface area contributed by atoms with E-state index in [4.69, 9.17) is 9.97 Å². The Kier molecular flexibility index (Phi) is 4.56. The minimum absolute atomic E-state index is 0.201. The third-order valence-electron chi connectivity index (χ3n) is 4.26. The van der Waals surface area contributed by atoms with Gasteiger partial charge in [0.25, 0.3) is 0 Å². The van der Waals surface area contributed by atoms with Gasteiger partial charge in [-0.25, -0.2) is 9.97 Å². The van der Waals surface area contributed by atoms with Gasteiger partial charge in [-0.3, -0.25) is 4.98 Å². The van der Waals surface area contributed by atoms with Crippen LogP contribution in [0.3, 0.4) is 0 Å². The second-order valence-electron chi connectivity index (χ2n) is 6.35. The molecule has 0 aliphatic heterocycles. The molecule has 0 saturated carbocycles. The average molecular weight is 340 g/mol. The number of nitrogens with zero attached hydrogens (tertiary/aromatic N) is 3. The van der Waals surface area contributed by atoms with Crippen molar-refractivity contribution in [3.05, 3.63) is 84.7 Å². The van der Waals surface area contributed by atoms with Gasteiger partial charge in [-0.1, -0.05) is 48.5 Å². The molecule has 0 aliphatic rings. The van der Waals surface area contributed by atoms with Crippen LogP contribution < -0.4 is 5.32 Å². The quantitative estimate of drug-likeness (QED) is 0.570. The summed E-state index contributed by atoms with van der Waals surface area (Å²) in [6.45, 7) is 2.15. The van der Waals surface area contributed by atoms with Crippen LogP contribution in [0.2, 0.25) is 0 Å². The third kappa shape index (κ3) is 3.54. The average Bonchev–Trinajstić information content (AvgIpc) is 2.69. The Labute approximate surface area is 153 Å². The van der Waals surface area contributed by atoms with Crippen molar-refractivity contribution in [1.82, 2.24) is 15.0 Å². The molecule has 4 nitrogen and oxygen atoms in total. The highest BCUT2D eigenvalue weighted by Gasteiger charge is 2.12. The van der Waals surface area contributed by atoms with Crippen molar-refractivity contribution in [2.24, 2.45) is 0 Å². The van der Waals surface area contributed by atoms with Crippen molar-refractivity contribution in [1.29, 1.82) is 0 Å². The fourth-order valence-corrected chi connectivity index (χ4v) is 3.02. The van der Waals surface area contributed by atoms with E-state index < -0.39 is 0 Å². The zero-order chi connectivity index (χ0) is 17.8. The summed E-state index contributed by atoms with van der Waals surface area (Å²) in [5.41, 5.74) is 3.02. The smallest absolute Gasteiger partial charge is 0.162 e. The molecule has 4 aromatic rings. The van der Waals surface area contributed by atoms with E-state index in [-0.39, 0.29) is 6.04 Å². The lowest BCUT2D eigenvalue weighted by atomic mass is 10.1. The van der Waals surface area contributed by atoms with Crippen LogP contribution in [0, 0.1) is 0 Å². The van der Waals surface area contributed by atoms with Gasteiger partial charge in [-0.2, -0.15) is 0 Å². The van der Waals surface area contributed by atoms with Crippen LogP contribution in [0.5, 0.6) is 0 Å². The van der Waals surface area contributed by atoms with Crippen LogP contribution in [0.15, 0.2) is 79.0 Å². The molecule has 128 valence electrons. The molecular formula is C22H20N4. The first-order chi connectivity index (χ1) is 12.8. The molecule has 2 aromatic heterocycles. The molecule has 0 aliphatic carbocycles. The second kappa shape index (κ2) is 7.31. The van der Waals surface area contributed by atoms with Crippen LogP contribution in [0.1, 0.15) is 12.6 Å². The van der Waals surface area contributed by atoms with Gasteiger partial charge >= 0.3 is 0 Å². The zero-order valence-corrected chi connectivity index (χ0v) is 14.6. The van der Waals surface area contributed by atoms with Gasteiger partial charge in [0.1, 0.15) is 5.82 Å². The normalized spacial score (nSPS) is 12.0. The first-order valence-corrected chi connectivity index (χ1v) is 8.78. The van der Waals surface area contributed by atoms with Crippen LogP contribution in [0.25, 0.3) is 22.3 Å². The second-order valence-corrected chi connectivity index (χ2v) is 6.35. The lowest BCUT2D eigenvalue weighted by Crippen LogP contribution is -2.20. The van der Waals surface area contributed by atoms with E-state index in [1.807, 2.05) is 72.9 Å². The monoisotopic (exact) mass is 340 g/mol. The number of benzene rings is 2. The van der Waals surface area contributed by atoms with E-state index in [0.717, 1.165) is 40.2 Å². The maximum absolute atomic E-state index is 4.81. The van der Waals surface area contributed by atoms with E-state index in [1.165, 1.54) is 0 Å². The molecular weight excluding hydrogens is 320 g/mol. The van der Waals surface area contributed by atoms with Crippen molar-refractivity contribution in [2.45, 2.75) is 19.4 Å². The number of para-hydroxylation sites is 1. The highest BCUT2D eigenvalue weighted by atomic mass is 15.1. The summed E-state index contributed by atoms with van der Waals surface area (Å²) < 4.78 is 0. The largest absolute Gasteiger partial charge is 0.367 e. The number of anilines is 1. The molecule has 0 spiro atoms. The number of rotatable bonds is 5. The van der Waals surface area contributed by atoms with Crippen molar-refractivity contribution < 1.29 is 0 Å². The predicted octanol–water partition coefficient (Wildman–Crippen LogP) is 4.73. The van der Waals surface area contributed by atoms with Crippen molar-refractivity contribution in [2.75, 3.05) is 5.32 Å². The molecule has 4 heteroatoms. The molecule has 4 rings (SSSR count). The summed E-state index contributed by atoms with van der Waals surface area (Å²) in [4.78, 5) is 14.0. The Bertz CT molecular complexity index is 1000. The summed E-state index contributed by atoms with van der Waals surface area (Å²) in [5, 5.41) is 4.58. The minimum Gasteiger partial charge on any atom is -0.367 e. The van der Waals surface area contributed by atoms with Crippen LogP contribution in [-0.2, 0) is 6.42 Å². The van der Waals surface area contributed by atoms with E-state index >= 15 is 0 Å². The van der Waals surface area contributed by atoms with Gasteiger partial charge < -0.3 is 5.32 Å². The fraction of sp³-hybridized carbons (Fsp3) is 0.136. The Morgan fingerprint density at radius 3 is 2.42 bits per heavy atom. The van der Waals surface area contributed by atoms with E-state index in [2.05, 4.69) is 23.3 Å². The Morgan fingerprint density at radius 1 is 0.846 bits per heavy atom. The van der Waals surface area contributed by atoms with E-state index in [9.17, 15) is 0 Å². The molecule has 2 aromatic carbocycles. The topological polar surface area (TPSA) is 50.7 Å². The van der Waals surface area contributed by atoms with Gasteiger partial charge in [-0.15, -0.1) is 0 Å². The molecule has 1 unspecified atom stereocenters. The number of aromatic nitrogens is 3. The Balaban J connectivity index is 1.69. The minimum atomic E-state index is 0.201. The zero-order valence-electron chi connectivity index (χ0n) is 14.6. The van der Waals surface area contributed by atoms with Gasteiger partial charge in [0.15, 0.2) is 5.82 Å². The van der Waals surface area contributed by atoms with Gasteiger partial charge in [0, 0.05) is 35.3 Å². The van der Waals surface area contributed by atoms with Crippen LogP contribution in [0.4, 0.5) is 5.82 Å². The molecule has 1 N–H and O–H groups in total. The van der Waals surface area contributed by atoms with Crippen LogP contribution >= 0.6 is 0 Å². The number of nitrogens with one attached hydrogen (secondary N) is 1. The molecule has 0 saturated heterocycles. The van der Waals surface area contributed by atoms with E-state index in [1.54, 1.807) is 0 Å².